The Morgan fingerprint density at radius 3 is 2.21 bits per heavy atom. The van der Waals surface area contributed by atoms with Crippen LogP contribution in [0.15, 0.2) is 0 Å². The summed E-state index contributed by atoms with van der Waals surface area (Å²) in [6.45, 7) is 1.85. The fourth-order valence-electron chi connectivity index (χ4n) is 1.03. The second kappa shape index (κ2) is 7.62. The first kappa shape index (κ1) is 18.1. The normalized spacial score (nSPS) is 14.2. The Balaban J connectivity index is 4.46. The third-order valence-corrected chi connectivity index (χ3v) is 2.05. The van der Waals surface area contributed by atoms with Crippen LogP contribution >= 0.6 is 34.8 Å². The average molecular weight is 337 g/mol. The van der Waals surface area contributed by atoms with E-state index in [1.54, 1.807) is 0 Å². The molecule has 0 aliphatic rings. The van der Waals surface area contributed by atoms with Crippen LogP contribution in [0.5, 0.6) is 0 Å². The number of ether oxygens (including phenoxy) is 2. The minimum absolute atomic E-state index is 0.558. The van der Waals surface area contributed by atoms with Gasteiger partial charge in [-0.15, -0.1) is 0 Å². The maximum atomic E-state index is 11.3. The van der Waals surface area contributed by atoms with Crippen LogP contribution in [0.3, 0.4) is 0 Å². The lowest BCUT2D eigenvalue weighted by Gasteiger charge is -2.21. The summed E-state index contributed by atoms with van der Waals surface area (Å²) in [5.74, 6) is -2.09. The van der Waals surface area contributed by atoms with E-state index in [-0.39, 0.29) is 0 Å². The lowest BCUT2D eigenvalue weighted by Crippen LogP contribution is -2.49. The summed E-state index contributed by atoms with van der Waals surface area (Å²) in [7, 11) is 0. The Morgan fingerprint density at radius 2 is 1.84 bits per heavy atom. The van der Waals surface area contributed by atoms with E-state index in [0.29, 0.717) is 0 Å². The number of hydrogen-bond acceptors (Lipinski definition) is 5. The van der Waals surface area contributed by atoms with Crippen LogP contribution < -0.4 is 5.32 Å². The molecule has 0 aliphatic heterocycles. The molecular weight excluding hydrogens is 324 g/mol. The van der Waals surface area contributed by atoms with E-state index in [1.807, 2.05) is 5.32 Å². The Hall–Kier alpha value is -0.920. The van der Waals surface area contributed by atoms with E-state index in [9.17, 15) is 14.4 Å². The largest absolute Gasteiger partial charge is 0.480 e. The number of carboxylic acids is 1. The topological polar surface area (TPSA) is 102 Å². The van der Waals surface area contributed by atoms with Gasteiger partial charge in [0.1, 0.15) is 12.7 Å². The molecule has 0 fully saturated rings. The number of aliphatic carboxylic acids is 1. The maximum absolute atomic E-state index is 11.3. The Morgan fingerprint density at radius 1 is 1.32 bits per heavy atom. The van der Waals surface area contributed by atoms with E-state index >= 15 is 0 Å². The zero-order valence-corrected chi connectivity index (χ0v) is 12.3. The smallest absolute Gasteiger partial charge is 0.408 e. The number of amides is 1. The molecular formula is C9H12Cl3NO6. The number of nitrogens with one attached hydrogen (secondary N) is 1. The van der Waals surface area contributed by atoms with E-state index in [4.69, 9.17) is 39.9 Å². The second-order valence-electron chi connectivity index (χ2n) is 3.47. The number of alkyl halides is 3. The summed E-state index contributed by atoms with van der Waals surface area (Å²) in [6, 6.07) is -1.48. The summed E-state index contributed by atoms with van der Waals surface area (Å²) in [4.78, 5) is 32.9. The highest BCUT2D eigenvalue weighted by molar-refractivity contribution is 6.67. The van der Waals surface area contributed by atoms with Gasteiger partial charge in [0.05, 0.1) is 0 Å². The third-order valence-electron chi connectivity index (χ3n) is 1.73. The van der Waals surface area contributed by atoms with Crippen molar-refractivity contribution in [2.75, 3.05) is 6.61 Å². The predicted octanol–water partition coefficient (Wildman–Crippen LogP) is 1.49. The van der Waals surface area contributed by atoms with Crippen LogP contribution in [-0.4, -0.2) is 45.7 Å². The van der Waals surface area contributed by atoms with Gasteiger partial charge in [-0.2, -0.15) is 0 Å². The Bertz CT molecular complexity index is 356. The van der Waals surface area contributed by atoms with Gasteiger partial charge in [0.25, 0.3) is 0 Å². The SMILES string of the molecule is CC(=O)O[C@@H](C)[C@@H](NC(=O)OCC(Cl)(Cl)Cl)C(=O)O. The van der Waals surface area contributed by atoms with Crippen molar-refractivity contribution in [1.29, 1.82) is 0 Å². The number of carboxylic acid groups (broad SMARTS) is 1. The summed E-state index contributed by atoms with van der Waals surface area (Å²) in [5.41, 5.74) is 0. The fraction of sp³-hybridized carbons (Fsp3) is 0.667. The summed E-state index contributed by atoms with van der Waals surface area (Å²) in [6.07, 6.45) is -2.20. The minimum Gasteiger partial charge on any atom is -0.480 e. The van der Waals surface area contributed by atoms with Crippen molar-refractivity contribution in [1.82, 2.24) is 5.32 Å². The number of carbonyl (C=O) groups is 3. The molecule has 19 heavy (non-hydrogen) atoms. The number of halogens is 3. The average Bonchev–Trinajstić information content (AvgIpc) is 2.20. The third kappa shape index (κ3) is 8.74. The first-order valence-electron chi connectivity index (χ1n) is 4.93. The highest BCUT2D eigenvalue weighted by atomic mass is 35.6. The van der Waals surface area contributed by atoms with Gasteiger partial charge in [0.2, 0.25) is 3.79 Å². The molecule has 110 valence electrons. The van der Waals surface area contributed by atoms with Crippen LogP contribution in [-0.2, 0) is 19.1 Å². The molecule has 0 aromatic carbocycles. The number of carbonyl (C=O) groups excluding carboxylic acids is 2. The van der Waals surface area contributed by atoms with Crippen molar-refractivity contribution >= 4 is 52.8 Å². The van der Waals surface area contributed by atoms with Gasteiger partial charge in [0, 0.05) is 6.92 Å². The van der Waals surface area contributed by atoms with Gasteiger partial charge in [0.15, 0.2) is 6.04 Å². The standard InChI is InChI=1S/C9H12Cl3NO6/c1-4(19-5(2)14)6(7(15)16)13-8(17)18-3-9(10,11)12/h4,6H,3H2,1-2H3,(H,13,17)(H,15,16)/t4-,6+/m0/s1. The summed E-state index contributed by atoms with van der Waals surface area (Å²) >= 11 is 16.0. The molecule has 10 heteroatoms. The van der Waals surface area contributed by atoms with Crippen molar-refractivity contribution < 1.29 is 29.0 Å². The van der Waals surface area contributed by atoms with Crippen molar-refractivity contribution in [3.05, 3.63) is 0 Å². The molecule has 0 radical (unpaired) electrons. The maximum Gasteiger partial charge on any atom is 0.408 e. The molecule has 0 rings (SSSR count). The molecule has 0 saturated carbocycles. The van der Waals surface area contributed by atoms with Crippen molar-refractivity contribution in [2.24, 2.45) is 0 Å². The fourth-order valence-corrected chi connectivity index (χ4v) is 1.19. The minimum atomic E-state index is -1.81. The van der Waals surface area contributed by atoms with Crippen LogP contribution in [0, 0.1) is 0 Å². The van der Waals surface area contributed by atoms with E-state index < -0.39 is 40.6 Å². The number of alkyl carbamates (subject to hydrolysis) is 1. The molecule has 2 atom stereocenters. The van der Waals surface area contributed by atoms with Gasteiger partial charge < -0.3 is 19.9 Å². The van der Waals surface area contributed by atoms with Gasteiger partial charge in [-0.3, -0.25) is 4.79 Å². The molecule has 2 N–H and O–H groups in total. The van der Waals surface area contributed by atoms with E-state index in [0.717, 1.165) is 6.92 Å². The Labute approximate surface area is 124 Å². The lowest BCUT2D eigenvalue weighted by atomic mass is 10.2. The first-order valence-corrected chi connectivity index (χ1v) is 6.06. The molecule has 0 aromatic heterocycles. The van der Waals surface area contributed by atoms with Crippen LogP contribution in [0.4, 0.5) is 4.79 Å². The highest BCUT2D eigenvalue weighted by Crippen LogP contribution is 2.25. The predicted molar refractivity (Wildman–Crippen MR) is 67.4 cm³/mol. The van der Waals surface area contributed by atoms with E-state index in [2.05, 4.69) is 9.47 Å². The van der Waals surface area contributed by atoms with Crippen molar-refractivity contribution in [3.63, 3.8) is 0 Å². The monoisotopic (exact) mass is 335 g/mol. The van der Waals surface area contributed by atoms with Gasteiger partial charge in [-0.1, -0.05) is 34.8 Å². The molecule has 0 spiro atoms. The van der Waals surface area contributed by atoms with Crippen molar-refractivity contribution in [3.8, 4) is 0 Å². The molecule has 0 saturated heterocycles. The van der Waals surface area contributed by atoms with Crippen LogP contribution in [0.25, 0.3) is 0 Å². The summed E-state index contributed by atoms with van der Waals surface area (Å²) < 4.78 is 7.34. The molecule has 0 aromatic rings. The highest BCUT2D eigenvalue weighted by Gasteiger charge is 2.30. The van der Waals surface area contributed by atoms with Crippen LogP contribution in [0.1, 0.15) is 13.8 Å². The number of hydrogen-bond donors (Lipinski definition) is 2. The molecule has 7 nitrogen and oxygen atoms in total. The lowest BCUT2D eigenvalue weighted by molar-refractivity contribution is -0.152. The molecule has 0 aliphatic carbocycles. The van der Waals surface area contributed by atoms with Gasteiger partial charge in [-0.05, 0) is 6.92 Å². The molecule has 0 heterocycles. The Kier molecular flexibility index (Phi) is 7.25. The second-order valence-corrected chi connectivity index (χ2v) is 5.98. The first-order chi connectivity index (χ1) is 8.53. The van der Waals surface area contributed by atoms with Crippen LogP contribution in [0.2, 0.25) is 0 Å². The molecule has 0 unspecified atom stereocenters. The zero-order valence-electron chi connectivity index (χ0n) is 9.98. The number of rotatable bonds is 5. The zero-order chi connectivity index (χ0) is 15.2. The van der Waals surface area contributed by atoms with Gasteiger partial charge >= 0.3 is 18.0 Å². The number of esters is 1. The summed E-state index contributed by atoms with van der Waals surface area (Å²) in [5, 5.41) is 10.9. The van der Waals surface area contributed by atoms with Gasteiger partial charge in [-0.25, -0.2) is 9.59 Å². The molecule has 0 bridgehead atoms. The van der Waals surface area contributed by atoms with Crippen molar-refractivity contribution in [2.45, 2.75) is 29.8 Å². The van der Waals surface area contributed by atoms with E-state index in [1.165, 1.54) is 6.92 Å². The molecule has 1 amide bonds. The quantitative estimate of drug-likeness (QED) is 0.582.